The molecule has 1 aromatic carbocycles. The fourth-order valence-corrected chi connectivity index (χ4v) is 1.89. The Morgan fingerprint density at radius 3 is 2.24 bits per heavy atom. The van der Waals surface area contributed by atoms with E-state index in [0.717, 1.165) is 6.20 Å². The maximum Gasteiger partial charge on any atom is 0.350 e. The van der Waals surface area contributed by atoms with Gasteiger partial charge in [-0.15, -0.1) is 0 Å². The highest BCUT2D eigenvalue weighted by molar-refractivity contribution is 6.15. The first-order chi connectivity index (χ1) is 11.7. The summed E-state index contributed by atoms with van der Waals surface area (Å²) in [6.45, 7) is 6.89. The highest BCUT2D eigenvalue weighted by Crippen LogP contribution is 2.25. The zero-order valence-electron chi connectivity index (χ0n) is 14.7. The lowest BCUT2D eigenvalue weighted by atomic mass is 10.1. The molecule has 0 unspecified atom stereocenters. The maximum atomic E-state index is 11.8. The maximum absolute atomic E-state index is 11.8. The molecule has 0 spiro atoms. The zero-order valence-corrected chi connectivity index (χ0v) is 14.7. The number of carbonyl (C=O) groups excluding carboxylic acids is 2. The van der Waals surface area contributed by atoms with Crippen LogP contribution in [0.3, 0.4) is 0 Å². The molecule has 136 valence electrons. The molecule has 25 heavy (non-hydrogen) atoms. The van der Waals surface area contributed by atoms with E-state index < -0.39 is 23.7 Å². The van der Waals surface area contributed by atoms with E-state index in [1.807, 2.05) is 13.8 Å². The van der Waals surface area contributed by atoms with Crippen LogP contribution in [-0.4, -0.2) is 35.9 Å². The number of aromatic carboxylic acids is 1. The molecule has 1 aromatic rings. The van der Waals surface area contributed by atoms with Crippen molar-refractivity contribution in [1.82, 2.24) is 0 Å². The minimum atomic E-state index is -1.31. The van der Waals surface area contributed by atoms with Crippen LogP contribution in [0.15, 0.2) is 30.0 Å². The largest absolute Gasteiger partial charge is 0.496 e. The van der Waals surface area contributed by atoms with E-state index in [1.54, 1.807) is 0 Å². The number of carbonyl (C=O) groups is 3. The molecule has 0 aromatic heterocycles. The van der Waals surface area contributed by atoms with Gasteiger partial charge >= 0.3 is 17.9 Å². The lowest BCUT2D eigenvalue weighted by Gasteiger charge is -2.29. The summed E-state index contributed by atoms with van der Waals surface area (Å²) in [4.78, 5) is 34.6. The van der Waals surface area contributed by atoms with Crippen LogP contribution < -0.4 is 10.1 Å². The Hall–Kier alpha value is -3.03. The normalized spacial score (nSPS) is 15.2. The van der Waals surface area contributed by atoms with Gasteiger partial charge in [0.05, 0.1) is 7.11 Å². The molecule has 0 aliphatic carbocycles. The summed E-state index contributed by atoms with van der Waals surface area (Å²) in [5, 5.41) is 11.7. The van der Waals surface area contributed by atoms with Crippen molar-refractivity contribution in [2.45, 2.75) is 33.5 Å². The van der Waals surface area contributed by atoms with Gasteiger partial charge in [-0.05, 0) is 12.1 Å². The molecule has 0 radical (unpaired) electrons. The average molecular weight is 351 g/mol. The molecule has 1 aliphatic rings. The van der Waals surface area contributed by atoms with Gasteiger partial charge in [0.1, 0.15) is 11.3 Å². The summed E-state index contributed by atoms with van der Waals surface area (Å²) in [7, 11) is 1.34. The summed E-state index contributed by atoms with van der Waals surface area (Å²) in [6, 6.07) is 4.22. The number of ether oxygens (including phenoxy) is 3. The van der Waals surface area contributed by atoms with Crippen LogP contribution in [0.1, 0.15) is 38.1 Å². The third kappa shape index (κ3) is 4.97. The lowest BCUT2D eigenvalue weighted by Crippen LogP contribution is -2.42. The van der Waals surface area contributed by atoms with Crippen LogP contribution in [0.25, 0.3) is 0 Å². The lowest BCUT2D eigenvalue weighted by molar-refractivity contribution is -0.222. The molecule has 0 saturated carbocycles. The van der Waals surface area contributed by atoms with Crippen molar-refractivity contribution < 1.29 is 33.7 Å². The summed E-state index contributed by atoms with van der Waals surface area (Å²) in [5.41, 5.74) is 0.110. The summed E-state index contributed by atoms with van der Waals surface area (Å²) < 4.78 is 14.9. The van der Waals surface area contributed by atoms with Crippen LogP contribution >= 0.6 is 0 Å². The van der Waals surface area contributed by atoms with Gasteiger partial charge in [0.25, 0.3) is 5.79 Å². The molecule has 8 nitrogen and oxygen atoms in total. The Kier molecular flexibility index (Phi) is 6.55. The van der Waals surface area contributed by atoms with Gasteiger partial charge in [-0.2, -0.15) is 0 Å². The third-order valence-electron chi connectivity index (χ3n) is 2.93. The molecule has 1 aliphatic heterocycles. The van der Waals surface area contributed by atoms with Crippen molar-refractivity contribution in [3.05, 3.63) is 35.5 Å². The van der Waals surface area contributed by atoms with E-state index >= 15 is 0 Å². The third-order valence-corrected chi connectivity index (χ3v) is 2.93. The van der Waals surface area contributed by atoms with Crippen LogP contribution in [-0.2, 0) is 19.1 Å². The number of carboxylic acid groups (broad SMARTS) is 1. The van der Waals surface area contributed by atoms with Gasteiger partial charge in [0.15, 0.2) is 5.57 Å². The second-order valence-electron chi connectivity index (χ2n) is 5.10. The van der Waals surface area contributed by atoms with E-state index in [4.69, 9.17) is 19.3 Å². The Bertz CT molecular complexity index is 685. The SMILES string of the molecule is CC.COc1cc(NC=C2C(=O)OC(C)(C)OC2=O)ccc1C(=O)O. The summed E-state index contributed by atoms with van der Waals surface area (Å²) >= 11 is 0. The topological polar surface area (TPSA) is 111 Å². The minimum absolute atomic E-state index is 0.0102. The Morgan fingerprint density at radius 1 is 1.20 bits per heavy atom. The van der Waals surface area contributed by atoms with E-state index in [1.165, 1.54) is 39.2 Å². The van der Waals surface area contributed by atoms with Crippen LogP contribution in [0.2, 0.25) is 0 Å². The van der Waals surface area contributed by atoms with Gasteiger partial charge in [0.2, 0.25) is 0 Å². The first-order valence-electron chi connectivity index (χ1n) is 7.58. The molecule has 1 fully saturated rings. The van der Waals surface area contributed by atoms with Gasteiger partial charge < -0.3 is 24.6 Å². The molecule has 2 N–H and O–H groups in total. The highest BCUT2D eigenvalue weighted by Gasteiger charge is 2.38. The summed E-state index contributed by atoms with van der Waals surface area (Å²) in [5.74, 6) is -3.93. The predicted molar refractivity (Wildman–Crippen MR) is 89.3 cm³/mol. The quantitative estimate of drug-likeness (QED) is 0.484. The number of rotatable bonds is 4. The minimum Gasteiger partial charge on any atom is -0.496 e. The second kappa shape index (κ2) is 8.18. The van der Waals surface area contributed by atoms with Gasteiger partial charge in [-0.25, -0.2) is 14.4 Å². The Balaban J connectivity index is 0.00000151. The van der Waals surface area contributed by atoms with E-state index in [-0.39, 0.29) is 16.9 Å². The molecular weight excluding hydrogens is 330 g/mol. The van der Waals surface area contributed by atoms with Crippen LogP contribution in [0, 0.1) is 0 Å². The van der Waals surface area contributed by atoms with Crippen LogP contribution in [0.4, 0.5) is 5.69 Å². The average Bonchev–Trinajstić information content (AvgIpc) is 2.54. The molecule has 0 bridgehead atoms. The number of hydrogen-bond acceptors (Lipinski definition) is 7. The molecule has 2 rings (SSSR count). The number of anilines is 1. The Morgan fingerprint density at radius 2 is 1.76 bits per heavy atom. The molecule has 0 amide bonds. The smallest absolute Gasteiger partial charge is 0.350 e. The van der Waals surface area contributed by atoms with Crippen molar-refractivity contribution >= 4 is 23.6 Å². The first-order valence-corrected chi connectivity index (χ1v) is 7.58. The van der Waals surface area contributed by atoms with Crippen LogP contribution in [0.5, 0.6) is 5.75 Å². The standard InChI is InChI=1S/C15H15NO7.C2H6/c1-15(2)22-13(19)10(14(20)23-15)7-16-8-4-5-9(12(17)18)11(6-8)21-3;1-2/h4-7,16H,1-3H3,(H,17,18);1-2H3. The van der Waals surface area contributed by atoms with E-state index in [2.05, 4.69) is 5.32 Å². The number of hydrogen-bond donors (Lipinski definition) is 2. The molecule has 1 heterocycles. The van der Waals surface area contributed by atoms with E-state index in [9.17, 15) is 14.4 Å². The number of cyclic esters (lactones) is 2. The molecular formula is C17H21NO7. The van der Waals surface area contributed by atoms with Crippen molar-refractivity contribution in [3.63, 3.8) is 0 Å². The van der Waals surface area contributed by atoms with Gasteiger partial charge in [-0.1, -0.05) is 13.8 Å². The second-order valence-corrected chi connectivity index (χ2v) is 5.10. The number of benzene rings is 1. The fourth-order valence-electron chi connectivity index (χ4n) is 1.89. The number of carboxylic acids is 1. The van der Waals surface area contributed by atoms with Crippen molar-refractivity contribution in [3.8, 4) is 5.75 Å². The summed E-state index contributed by atoms with van der Waals surface area (Å²) in [6.07, 6.45) is 1.13. The molecule has 1 saturated heterocycles. The van der Waals surface area contributed by atoms with Gasteiger partial charge in [-0.3, -0.25) is 0 Å². The predicted octanol–water partition coefficient (Wildman–Crippen LogP) is 2.55. The monoisotopic (exact) mass is 351 g/mol. The number of esters is 2. The first kappa shape index (κ1) is 20.0. The fraction of sp³-hybridized carbons (Fsp3) is 0.353. The van der Waals surface area contributed by atoms with Crippen molar-refractivity contribution in [2.75, 3.05) is 12.4 Å². The number of methoxy groups -OCH3 is 1. The zero-order chi connectivity index (χ0) is 19.2. The highest BCUT2D eigenvalue weighted by atomic mass is 16.7. The van der Waals surface area contributed by atoms with E-state index in [0.29, 0.717) is 5.69 Å². The van der Waals surface area contributed by atoms with Gasteiger partial charge in [0, 0.05) is 31.8 Å². The van der Waals surface area contributed by atoms with Crippen molar-refractivity contribution in [1.29, 1.82) is 0 Å². The molecule has 8 heteroatoms. The number of nitrogens with one attached hydrogen (secondary N) is 1. The van der Waals surface area contributed by atoms with Crippen molar-refractivity contribution in [2.24, 2.45) is 0 Å². The molecule has 0 atom stereocenters. The Labute approximate surface area is 145 Å².